The first-order chi connectivity index (χ1) is 39.7. The average molecular weight is 1150 g/mol. The van der Waals surface area contributed by atoms with E-state index in [1.54, 1.807) is 24.0 Å². The maximum Gasteiger partial charge on any atom is 0.410 e. The summed E-state index contributed by atoms with van der Waals surface area (Å²) in [6, 6.07) is 27.4. The molecule has 6 aromatic rings. The first-order valence-corrected chi connectivity index (χ1v) is 30.5. The maximum absolute atomic E-state index is 13.1. The third kappa shape index (κ3) is 16.4. The summed E-state index contributed by atoms with van der Waals surface area (Å²) in [5.74, 6) is 1.70. The molecule has 0 spiro atoms. The summed E-state index contributed by atoms with van der Waals surface area (Å²) in [6.45, 7) is 13.5. The zero-order valence-electron chi connectivity index (χ0n) is 48.0. The second kappa shape index (κ2) is 30.7. The number of piperidine rings is 1. The highest BCUT2D eigenvalue weighted by Crippen LogP contribution is 2.42. The van der Waals surface area contributed by atoms with Crippen LogP contribution in [-0.2, 0) is 31.8 Å². The van der Waals surface area contributed by atoms with E-state index in [0.717, 1.165) is 88.1 Å². The number of nitrogens with zero attached hydrogens (tertiary/aromatic N) is 5. The number of amides is 2. The van der Waals surface area contributed by atoms with Crippen LogP contribution in [0.4, 0.5) is 9.59 Å². The van der Waals surface area contributed by atoms with Crippen LogP contribution in [0.3, 0.4) is 0 Å². The minimum Gasteiger partial charge on any atom is -0.494 e. The summed E-state index contributed by atoms with van der Waals surface area (Å²) in [6.07, 6.45) is 14.4. The van der Waals surface area contributed by atoms with Gasteiger partial charge in [-0.2, -0.15) is 0 Å². The summed E-state index contributed by atoms with van der Waals surface area (Å²) in [4.78, 5) is 44.6. The molecule has 0 radical (unpaired) electrons. The zero-order valence-corrected chi connectivity index (χ0v) is 49.5. The van der Waals surface area contributed by atoms with Gasteiger partial charge in [0.2, 0.25) is 0 Å². The molecule has 2 fully saturated rings. The van der Waals surface area contributed by atoms with Gasteiger partial charge in [-0.25, -0.2) is 9.59 Å². The van der Waals surface area contributed by atoms with Crippen LogP contribution in [0.5, 0.6) is 11.5 Å². The van der Waals surface area contributed by atoms with Gasteiger partial charge >= 0.3 is 12.2 Å². The smallest absolute Gasteiger partial charge is 0.410 e. The lowest BCUT2D eigenvalue weighted by Crippen LogP contribution is -2.44. The van der Waals surface area contributed by atoms with Crippen molar-refractivity contribution in [3.05, 3.63) is 129 Å². The van der Waals surface area contributed by atoms with Gasteiger partial charge in [-0.15, -0.1) is 0 Å². The Hall–Kier alpha value is -5.52. The number of halogens is 2. The van der Waals surface area contributed by atoms with Crippen LogP contribution in [0.2, 0.25) is 10.0 Å². The van der Waals surface area contributed by atoms with Crippen molar-refractivity contribution in [2.75, 3.05) is 126 Å². The predicted octanol–water partition coefficient (Wildman–Crippen LogP) is 12.7. The molecular weight excluding hydrogens is 1070 g/mol. The van der Waals surface area contributed by atoms with Crippen LogP contribution in [0.1, 0.15) is 116 Å². The number of carbonyl (C=O) groups excluding carboxylic acids is 2. The van der Waals surface area contributed by atoms with Crippen molar-refractivity contribution in [3.8, 4) is 11.5 Å². The van der Waals surface area contributed by atoms with E-state index in [2.05, 4.69) is 56.0 Å². The van der Waals surface area contributed by atoms with E-state index >= 15 is 0 Å². The number of benzene rings is 4. The molecule has 4 aliphatic rings. The Morgan fingerprint density at radius 3 is 1.37 bits per heavy atom. The first kappa shape index (κ1) is 60.1. The number of likely N-dealkylation sites (N-methyl/N-ethyl adjacent to an activating group) is 1. The molecule has 81 heavy (non-hydrogen) atoms. The van der Waals surface area contributed by atoms with Crippen LogP contribution in [0.25, 0.3) is 21.8 Å². The van der Waals surface area contributed by atoms with Gasteiger partial charge in [0.15, 0.2) is 0 Å². The number of fused-ring (bicyclic) bond motifs is 6. The molecule has 0 bridgehead atoms. The molecule has 17 heteroatoms. The molecule has 4 aliphatic heterocycles. The summed E-state index contributed by atoms with van der Waals surface area (Å²) >= 11 is 12.6. The van der Waals surface area contributed by atoms with Gasteiger partial charge in [-0.05, 0) is 168 Å². The molecule has 2 aromatic heterocycles. The molecule has 438 valence electrons. The number of ether oxygens (including phenoxy) is 6. The molecule has 2 unspecified atom stereocenters. The molecule has 2 amide bonds. The molecule has 2 N–H and O–H groups in total. The quantitative estimate of drug-likeness (QED) is 0.0560. The van der Waals surface area contributed by atoms with Crippen molar-refractivity contribution in [1.82, 2.24) is 34.5 Å². The summed E-state index contributed by atoms with van der Waals surface area (Å²) < 4.78 is 33.3. The second-order valence-corrected chi connectivity index (χ2v) is 22.9. The van der Waals surface area contributed by atoms with Gasteiger partial charge in [0.25, 0.3) is 0 Å². The number of likely N-dealkylation sites (tertiary alicyclic amines) is 1. The molecule has 4 aromatic carbocycles. The SMILES string of the molecule is COCCOC(=O)N1CCc2c([nH]c3ccc(Cl)cc23)C1c1ccc(OCCCCCCN2CCCCC2)cc1.COCCOC(=O)N1CCc2c([nH]c3ccc(Cl)cc23)C1c1ccc(OCCCCCCN2CCN(C)CC2)cc1. The fraction of sp³-hybridized carbons (Fsp3) is 0.531. The number of rotatable bonds is 24. The van der Waals surface area contributed by atoms with Crippen LogP contribution in [-0.4, -0.2) is 173 Å². The van der Waals surface area contributed by atoms with Crippen molar-refractivity contribution in [2.45, 2.75) is 95.6 Å². The van der Waals surface area contributed by atoms with Gasteiger partial charge in [0.1, 0.15) is 36.8 Å². The number of unbranched alkanes of at least 4 members (excludes halogenated alkanes) is 6. The third-order valence-electron chi connectivity index (χ3n) is 16.4. The van der Waals surface area contributed by atoms with Gasteiger partial charge in [0.05, 0.1) is 26.4 Å². The third-order valence-corrected chi connectivity index (χ3v) is 16.9. The Kier molecular flexibility index (Phi) is 22.8. The molecule has 2 atom stereocenters. The minimum atomic E-state index is -0.345. The van der Waals surface area contributed by atoms with E-state index in [0.29, 0.717) is 43.0 Å². The fourth-order valence-corrected chi connectivity index (χ4v) is 12.3. The van der Waals surface area contributed by atoms with Crippen molar-refractivity contribution >= 4 is 57.2 Å². The standard InChI is InChI=1S/C32H43ClN4O4.C32H42ClN3O4/c1-35-16-18-36(19-17-35)14-5-3-4-6-20-40-26-10-7-24(8-11-26)31-30-27(28-23-25(33)9-12-29(28)34-30)13-15-37(31)32(38)41-22-21-39-2;1-38-21-22-40-32(37)36-19-15-27-28-23-25(33)11-14-29(28)34-30(27)31(36)24-9-12-26(13-10-24)39-20-8-3-2-5-16-35-17-6-4-7-18-35/h7-12,23,31,34H,3-6,13-22H2,1-2H3;9-14,23,31,34H,2-8,15-22H2,1H3. The highest BCUT2D eigenvalue weighted by Gasteiger charge is 2.37. The van der Waals surface area contributed by atoms with Crippen LogP contribution in [0.15, 0.2) is 84.9 Å². The van der Waals surface area contributed by atoms with E-state index in [9.17, 15) is 9.59 Å². The number of H-pyrrole nitrogens is 2. The highest BCUT2D eigenvalue weighted by molar-refractivity contribution is 6.31. The second-order valence-electron chi connectivity index (χ2n) is 22.0. The number of hydrogen-bond acceptors (Lipinski definition) is 11. The molecule has 15 nitrogen and oxygen atoms in total. The number of piperazine rings is 1. The van der Waals surface area contributed by atoms with Crippen LogP contribution < -0.4 is 9.47 Å². The lowest BCUT2D eigenvalue weighted by molar-refractivity contribution is 0.0626. The molecule has 0 saturated carbocycles. The van der Waals surface area contributed by atoms with E-state index in [4.69, 9.17) is 51.6 Å². The van der Waals surface area contributed by atoms with Gasteiger partial charge in [0, 0.05) is 96.7 Å². The summed E-state index contributed by atoms with van der Waals surface area (Å²) in [5.41, 5.74) is 8.45. The predicted molar refractivity (Wildman–Crippen MR) is 323 cm³/mol. The molecule has 2 saturated heterocycles. The van der Waals surface area contributed by atoms with E-state index in [-0.39, 0.29) is 37.5 Å². The van der Waals surface area contributed by atoms with E-state index < -0.39 is 0 Å². The summed E-state index contributed by atoms with van der Waals surface area (Å²) in [7, 11) is 5.39. The van der Waals surface area contributed by atoms with Crippen LogP contribution in [0, 0.1) is 0 Å². The van der Waals surface area contributed by atoms with Gasteiger partial charge in [-0.1, -0.05) is 79.6 Å². The van der Waals surface area contributed by atoms with Gasteiger partial charge in [-0.3, -0.25) is 9.80 Å². The normalized spacial score (nSPS) is 17.8. The number of methoxy groups -OCH3 is 2. The maximum atomic E-state index is 13.1. The first-order valence-electron chi connectivity index (χ1n) is 29.7. The number of hydrogen-bond donors (Lipinski definition) is 2. The minimum absolute atomic E-state index is 0.219. The fourth-order valence-electron chi connectivity index (χ4n) is 11.9. The topological polar surface area (TPSA) is 137 Å². The number of nitrogens with one attached hydrogen (secondary N) is 2. The Balaban J connectivity index is 0.000000196. The summed E-state index contributed by atoms with van der Waals surface area (Å²) in [5, 5.41) is 3.62. The Morgan fingerprint density at radius 2 is 0.926 bits per heavy atom. The monoisotopic (exact) mass is 1150 g/mol. The van der Waals surface area contributed by atoms with E-state index in [1.165, 1.54) is 121 Å². The lowest BCUT2D eigenvalue weighted by Gasteiger charge is -2.35. The lowest BCUT2D eigenvalue weighted by atomic mass is 9.92. The van der Waals surface area contributed by atoms with Crippen molar-refractivity contribution in [2.24, 2.45) is 0 Å². The number of aromatic amines is 2. The Bertz CT molecular complexity index is 2900. The molecular formula is C64H85Cl2N7O8. The molecule has 10 rings (SSSR count). The average Bonchev–Trinajstić information content (AvgIpc) is 3.95. The highest BCUT2D eigenvalue weighted by atomic mass is 35.5. The van der Waals surface area contributed by atoms with Crippen LogP contribution >= 0.6 is 23.2 Å². The van der Waals surface area contributed by atoms with E-state index in [1.807, 2.05) is 60.7 Å². The number of aromatic nitrogens is 2. The largest absolute Gasteiger partial charge is 0.494 e. The van der Waals surface area contributed by atoms with Crippen molar-refractivity contribution in [3.63, 3.8) is 0 Å². The molecule has 0 aliphatic carbocycles. The Labute approximate surface area is 489 Å². The zero-order chi connectivity index (χ0) is 56.3. The van der Waals surface area contributed by atoms with Gasteiger partial charge < -0.3 is 53.1 Å². The van der Waals surface area contributed by atoms with Crippen molar-refractivity contribution in [1.29, 1.82) is 0 Å². The Morgan fingerprint density at radius 1 is 0.494 bits per heavy atom. The molecule has 6 heterocycles. The van der Waals surface area contributed by atoms with Crippen molar-refractivity contribution < 1.29 is 38.0 Å². The number of carbonyl (C=O) groups is 2.